The molecular weight excluding hydrogens is 1260 g/mol. The zero-order chi connectivity index (χ0) is 71.8. The van der Waals surface area contributed by atoms with E-state index in [0.29, 0.717) is 32.9 Å². The molecule has 0 radical (unpaired) electrons. The topological polar surface area (TPSA) is 564 Å². The van der Waals surface area contributed by atoms with Gasteiger partial charge in [0, 0.05) is 59.9 Å². The normalized spacial score (nSPS) is 15.4. The summed E-state index contributed by atoms with van der Waals surface area (Å²) in [6.07, 6.45) is -4.27. The van der Waals surface area contributed by atoms with Gasteiger partial charge < -0.3 is 105 Å². The Balaban J connectivity index is 1.67. The average Bonchev–Trinajstić information content (AvgIpc) is 1.65. The molecule has 13 atom stereocenters. The van der Waals surface area contributed by atoms with Gasteiger partial charge in [0.15, 0.2) is 0 Å². The molecule has 0 unspecified atom stereocenters. The van der Waals surface area contributed by atoms with Gasteiger partial charge in [0.05, 0.1) is 25.2 Å². The Bertz CT molecular complexity index is 3440. The highest BCUT2D eigenvalue weighted by Crippen LogP contribution is 2.22. The largest absolute Gasteiger partial charge is 0.481 e. The number of hydrogen-bond acceptors (Lipinski definition) is 18. The summed E-state index contributed by atoms with van der Waals surface area (Å²) in [7, 11) is 0. The van der Waals surface area contributed by atoms with Gasteiger partial charge >= 0.3 is 17.9 Å². The number of carbonyl (C=O) groups excluding carboxylic acids is 11. The van der Waals surface area contributed by atoms with Crippen molar-refractivity contribution in [2.75, 3.05) is 6.61 Å². The maximum Gasteiger partial charge on any atom is 0.326 e. The lowest BCUT2D eigenvalue weighted by molar-refractivity contribution is -0.144. The van der Waals surface area contributed by atoms with Crippen LogP contribution in [0.3, 0.4) is 0 Å². The number of primary amides is 1. The Labute approximate surface area is 550 Å². The van der Waals surface area contributed by atoms with Gasteiger partial charge in [-0.3, -0.25) is 62.3 Å². The number of hydrogen-bond donors (Lipinski definition) is 20. The van der Waals surface area contributed by atoms with Crippen LogP contribution in [0.25, 0.3) is 21.8 Å². The number of carboxylic acids is 3. The van der Waals surface area contributed by atoms with Gasteiger partial charge in [0.2, 0.25) is 65.0 Å². The first-order valence-corrected chi connectivity index (χ1v) is 30.9. The van der Waals surface area contributed by atoms with Crippen LogP contribution in [0.5, 0.6) is 0 Å². The van der Waals surface area contributed by atoms with E-state index in [-0.39, 0.29) is 31.6 Å². The molecule has 0 bridgehead atoms. The number of aliphatic hydroxyl groups is 3. The van der Waals surface area contributed by atoms with Crippen molar-refractivity contribution < 1.29 is 97.8 Å². The molecule has 96 heavy (non-hydrogen) atoms. The predicted octanol–water partition coefficient (Wildman–Crippen LogP) is -3.83. The number of carbonyl (C=O) groups is 14. The molecule has 0 saturated heterocycles. The highest BCUT2D eigenvalue weighted by atomic mass is 16.4. The Morgan fingerprint density at radius 1 is 0.438 bits per heavy atom. The lowest BCUT2D eigenvalue weighted by atomic mass is 9.99. The summed E-state index contributed by atoms with van der Waals surface area (Å²) in [6, 6.07) is -4.76. The van der Waals surface area contributed by atoms with E-state index in [9.17, 15) is 92.7 Å². The first-order valence-electron chi connectivity index (χ1n) is 30.9. The quantitative estimate of drug-likeness (QED) is 0.0203. The number of benzene rings is 2. The minimum atomic E-state index is -1.94. The van der Waals surface area contributed by atoms with Crippen molar-refractivity contribution >= 4 is 105 Å². The second-order valence-electron chi connectivity index (χ2n) is 24.2. The number of para-hydroxylation sites is 2. The highest BCUT2D eigenvalue weighted by Gasteiger charge is 2.38. The van der Waals surface area contributed by atoms with Crippen LogP contribution >= 0.6 is 0 Å². The zero-order valence-corrected chi connectivity index (χ0v) is 54.1. The molecule has 34 heteroatoms. The molecule has 22 N–H and O–H groups in total. The van der Waals surface area contributed by atoms with E-state index in [1.165, 1.54) is 20.0 Å². The first-order chi connectivity index (χ1) is 45.1. The van der Waals surface area contributed by atoms with Gasteiger partial charge in [-0.25, -0.2) is 4.79 Å². The third-order valence-corrected chi connectivity index (χ3v) is 15.2. The summed E-state index contributed by atoms with van der Waals surface area (Å²) in [5, 5.41) is 84.8. The molecule has 2 heterocycles. The van der Waals surface area contributed by atoms with Crippen LogP contribution in [0.1, 0.15) is 105 Å². The van der Waals surface area contributed by atoms with E-state index in [2.05, 4.69) is 63.1 Å². The molecule has 0 fully saturated rings. The van der Waals surface area contributed by atoms with Crippen LogP contribution in [0.2, 0.25) is 0 Å². The predicted molar refractivity (Wildman–Crippen MR) is 342 cm³/mol. The molecule has 526 valence electrons. The second-order valence-corrected chi connectivity index (χ2v) is 24.2. The van der Waals surface area contributed by atoms with Crippen molar-refractivity contribution in [1.82, 2.24) is 63.1 Å². The standard InChI is InChI=1S/C62H88N14O20/c1-28(2)20-41(70-52(85)30(5)67-60(93)50(64)31(6)78)55(88)74-45(24-49(83)84)58(91)72-44(23-34-26-66-38-15-11-9-13-36(34)38)57(90)75-46(27-77)59(92)73-43(22-33-25-65-37-14-10-8-12-35(33)37)56(89)71-42(21-29(3)4)54(87)68-39(16-18-47(63)80)53(86)76-51(32(7)79)61(94)69-40(62(95)96)17-19-48(81)82/h8-15,25-26,28-32,39-46,50-51,65-66,77-79H,16-24,27,64H2,1-7H3,(H2,63,80)(H,67,93)(H,68,87)(H,69,94)(H,70,85)(H,71,89)(H,72,91)(H,73,92)(H,74,88)(H,75,90)(H,76,86)(H,81,82)(H,83,84)(H,95,96)/t30-,31+,32+,39-,40-,41-,42-,43-,44-,45-,46-,50-,51-/m0/s1. The minimum absolute atomic E-state index is 0.0685. The Hall–Kier alpha value is -10.1. The smallest absolute Gasteiger partial charge is 0.326 e. The number of carboxylic acid groups (broad SMARTS) is 3. The van der Waals surface area contributed by atoms with Gasteiger partial charge in [-0.15, -0.1) is 0 Å². The number of aliphatic hydroxyl groups excluding tert-OH is 3. The van der Waals surface area contributed by atoms with Crippen LogP contribution in [0.15, 0.2) is 60.9 Å². The molecule has 4 aromatic rings. The van der Waals surface area contributed by atoms with Gasteiger partial charge in [0.25, 0.3) is 0 Å². The number of aromatic nitrogens is 2. The van der Waals surface area contributed by atoms with Gasteiger partial charge in [-0.2, -0.15) is 0 Å². The van der Waals surface area contributed by atoms with Gasteiger partial charge in [-0.05, 0) is 81.5 Å². The van der Waals surface area contributed by atoms with E-state index < -0.39 is 206 Å². The van der Waals surface area contributed by atoms with E-state index in [0.717, 1.165) is 6.92 Å². The Kier molecular flexibility index (Phi) is 30.3. The highest BCUT2D eigenvalue weighted by molar-refractivity contribution is 6.00. The molecule has 0 saturated carbocycles. The van der Waals surface area contributed by atoms with Crippen LogP contribution < -0.4 is 64.6 Å². The molecule has 0 aliphatic rings. The molecule has 0 aliphatic heterocycles. The van der Waals surface area contributed by atoms with Crippen molar-refractivity contribution in [1.29, 1.82) is 0 Å². The number of aromatic amines is 2. The van der Waals surface area contributed by atoms with E-state index in [1.807, 2.05) is 0 Å². The fraction of sp³-hybridized carbons (Fsp3) is 0.516. The van der Waals surface area contributed by atoms with Crippen molar-refractivity contribution in [3.05, 3.63) is 72.1 Å². The van der Waals surface area contributed by atoms with Crippen molar-refractivity contribution in [2.24, 2.45) is 23.3 Å². The molecule has 2 aromatic heterocycles. The lowest BCUT2D eigenvalue weighted by Crippen LogP contribution is -2.62. The molecule has 2 aromatic carbocycles. The summed E-state index contributed by atoms with van der Waals surface area (Å²) in [5.74, 6) is -17.2. The van der Waals surface area contributed by atoms with Crippen LogP contribution in [-0.2, 0) is 80.0 Å². The van der Waals surface area contributed by atoms with Crippen LogP contribution in [0, 0.1) is 11.8 Å². The SMILES string of the molecule is CC(C)C[C@H](NC(=O)[C@H](C)NC(=O)[C@@H](N)[C@@H](C)O)C(=O)N[C@@H](CC(=O)O)C(=O)N[C@@H](Cc1c[nH]c2ccccc12)C(=O)N[C@@H](CO)C(=O)N[C@@H](Cc1c[nH]c2ccccc12)C(=O)N[C@@H](CC(C)C)C(=O)N[C@@H](CCC(N)=O)C(=O)N[C@H](C(=O)N[C@@H](CCC(=O)O)C(=O)O)[C@@H](C)O. The number of nitrogens with one attached hydrogen (secondary N) is 12. The fourth-order valence-corrected chi connectivity index (χ4v) is 9.97. The Morgan fingerprint density at radius 2 is 0.833 bits per heavy atom. The van der Waals surface area contributed by atoms with Gasteiger partial charge in [0.1, 0.15) is 66.5 Å². The molecule has 11 amide bonds. The monoisotopic (exact) mass is 1350 g/mol. The average molecular weight is 1350 g/mol. The van der Waals surface area contributed by atoms with Crippen molar-refractivity contribution in [3.63, 3.8) is 0 Å². The lowest BCUT2D eigenvalue weighted by Gasteiger charge is -2.29. The van der Waals surface area contributed by atoms with E-state index >= 15 is 0 Å². The third kappa shape index (κ3) is 24.4. The van der Waals surface area contributed by atoms with Gasteiger partial charge in [-0.1, -0.05) is 64.1 Å². The number of fused-ring (bicyclic) bond motifs is 2. The summed E-state index contributed by atoms with van der Waals surface area (Å²) >= 11 is 0. The number of amides is 11. The molecule has 4 rings (SSSR count). The first kappa shape index (κ1) is 78.4. The van der Waals surface area contributed by atoms with Crippen molar-refractivity contribution in [3.8, 4) is 0 Å². The number of aliphatic carboxylic acids is 3. The zero-order valence-electron chi connectivity index (χ0n) is 54.1. The van der Waals surface area contributed by atoms with Crippen LogP contribution in [0.4, 0.5) is 0 Å². The second kappa shape index (κ2) is 37.1. The third-order valence-electron chi connectivity index (χ3n) is 15.2. The van der Waals surface area contributed by atoms with Crippen molar-refractivity contribution in [2.45, 2.75) is 185 Å². The maximum absolute atomic E-state index is 14.8. The molecular formula is C62H88N14O20. The number of rotatable bonds is 40. The summed E-state index contributed by atoms with van der Waals surface area (Å²) in [4.78, 5) is 193. The summed E-state index contributed by atoms with van der Waals surface area (Å²) in [6.45, 7) is 9.18. The van der Waals surface area contributed by atoms with E-state index in [1.54, 1.807) is 82.4 Å². The number of H-pyrrole nitrogens is 2. The maximum atomic E-state index is 14.8. The molecule has 34 nitrogen and oxygen atoms in total. The number of nitrogens with two attached hydrogens (primary N) is 2. The minimum Gasteiger partial charge on any atom is -0.481 e. The Morgan fingerprint density at radius 3 is 1.27 bits per heavy atom. The fourth-order valence-electron chi connectivity index (χ4n) is 9.97. The summed E-state index contributed by atoms with van der Waals surface area (Å²) in [5.41, 5.74) is 13.1. The molecule has 0 spiro atoms. The molecule has 0 aliphatic carbocycles. The summed E-state index contributed by atoms with van der Waals surface area (Å²) < 4.78 is 0. The van der Waals surface area contributed by atoms with E-state index in [4.69, 9.17) is 16.6 Å². The van der Waals surface area contributed by atoms with Crippen LogP contribution in [-0.4, -0.2) is 209 Å².